The lowest BCUT2D eigenvalue weighted by Crippen LogP contribution is -2.45. The van der Waals surface area contributed by atoms with Crippen LogP contribution in [-0.2, 0) is 48.7 Å². The molecule has 5 aliphatic rings. The van der Waals surface area contributed by atoms with Crippen molar-refractivity contribution in [2.45, 2.75) is 55.0 Å². The SMILES string of the molecule is Nc1ncnc2c1ncn2[C@@H]1O[C@@]23CO[C@@H]1[C@@H]2OP(=O)(O)OC[C@H]1O[C@@H](n2cc(F)c4c2N=CCC4=O)[C@H](OP(O)(=S)OC3)[C@@H]1O. The molecule has 246 valence electrons. The fourth-order valence-corrected chi connectivity index (χ4v) is 8.66. The van der Waals surface area contributed by atoms with E-state index >= 15 is 0 Å². The van der Waals surface area contributed by atoms with Gasteiger partial charge in [0.15, 0.2) is 35.5 Å². The van der Waals surface area contributed by atoms with E-state index in [1.807, 2.05) is 0 Å². The van der Waals surface area contributed by atoms with Gasteiger partial charge in [-0.3, -0.25) is 22.9 Å². The van der Waals surface area contributed by atoms with Crippen molar-refractivity contribution in [3.8, 4) is 0 Å². The Labute approximate surface area is 261 Å². The second kappa shape index (κ2) is 10.7. The average Bonchev–Trinajstić information content (AvgIpc) is 3.80. The Hall–Kier alpha value is -2.62. The fraction of sp³-hybridized carbons (Fsp3) is 0.522. The van der Waals surface area contributed by atoms with Crippen LogP contribution in [0.25, 0.3) is 11.2 Å². The molecule has 4 fully saturated rings. The second-order valence-electron chi connectivity index (χ2n) is 11.1. The van der Waals surface area contributed by atoms with Gasteiger partial charge in [-0.2, -0.15) is 0 Å². The van der Waals surface area contributed by atoms with Gasteiger partial charge in [-0.15, -0.1) is 0 Å². The number of anilines is 1. The molecule has 0 spiro atoms. The molecule has 8 heterocycles. The summed E-state index contributed by atoms with van der Waals surface area (Å²) in [4.78, 5) is 50.8. The summed E-state index contributed by atoms with van der Waals surface area (Å²) in [5.74, 6) is -1.44. The number of aliphatic hydroxyl groups is 1. The van der Waals surface area contributed by atoms with Crippen LogP contribution in [0, 0.1) is 5.82 Å². The largest absolute Gasteiger partial charge is 0.472 e. The summed E-state index contributed by atoms with van der Waals surface area (Å²) >= 11 is 5.29. The van der Waals surface area contributed by atoms with E-state index in [-0.39, 0.29) is 41.4 Å². The predicted molar refractivity (Wildman–Crippen MR) is 152 cm³/mol. The minimum Gasteiger partial charge on any atom is -0.387 e. The number of halogens is 1. The molecule has 0 aromatic carbocycles. The third kappa shape index (κ3) is 4.81. The molecule has 23 heteroatoms. The van der Waals surface area contributed by atoms with E-state index < -0.39 is 87.9 Å². The van der Waals surface area contributed by atoms with Gasteiger partial charge in [0.05, 0.1) is 31.7 Å². The number of fused-ring (bicyclic) bond motifs is 4. The molecule has 4 saturated heterocycles. The number of carbonyl (C=O) groups excluding carboxylic acids is 1. The van der Waals surface area contributed by atoms with Crippen LogP contribution in [0.5, 0.6) is 0 Å². The number of imidazole rings is 1. The predicted octanol–water partition coefficient (Wildman–Crippen LogP) is 0.397. The van der Waals surface area contributed by atoms with E-state index in [1.54, 1.807) is 0 Å². The van der Waals surface area contributed by atoms with Crippen LogP contribution in [-0.4, -0.2) is 107 Å². The first-order valence-electron chi connectivity index (χ1n) is 13.7. The highest BCUT2D eigenvalue weighted by atomic mass is 32.5. The summed E-state index contributed by atoms with van der Waals surface area (Å²) in [6.07, 6.45) is -4.73. The molecular formula is C23H24FN7O12P2S. The normalized spacial score (nSPS) is 40.8. The van der Waals surface area contributed by atoms with Crippen LogP contribution in [0.3, 0.4) is 0 Å². The van der Waals surface area contributed by atoms with Gasteiger partial charge in [-0.1, -0.05) is 0 Å². The quantitative estimate of drug-likeness (QED) is 0.264. The van der Waals surface area contributed by atoms with Crippen molar-refractivity contribution < 1.29 is 60.9 Å². The molecule has 3 aromatic heterocycles. The van der Waals surface area contributed by atoms with Crippen molar-refractivity contribution in [2.75, 3.05) is 25.6 Å². The number of Topliss-reactive ketones (excluding diaryl/α,β-unsaturated/α-hetero) is 1. The number of nitrogens with zero attached hydrogens (tertiary/aromatic N) is 6. The van der Waals surface area contributed by atoms with Crippen molar-refractivity contribution in [3.05, 3.63) is 30.2 Å². The maximum absolute atomic E-state index is 14.9. The Morgan fingerprint density at radius 2 is 1.93 bits per heavy atom. The van der Waals surface area contributed by atoms with Crippen LogP contribution in [0.1, 0.15) is 29.2 Å². The Kier molecular flexibility index (Phi) is 7.14. The molecule has 46 heavy (non-hydrogen) atoms. The first-order valence-corrected chi connectivity index (χ1v) is 17.8. The summed E-state index contributed by atoms with van der Waals surface area (Å²) in [6, 6.07) is 0. The van der Waals surface area contributed by atoms with Gasteiger partial charge in [0, 0.05) is 18.8 Å². The topological polar surface area (TPSA) is 246 Å². The molecule has 0 amide bonds. The highest BCUT2D eigenvalue weighted by Gasteiger charge is 2.66. The Bertz CT molecular complexity index is 1890. The van der Waals surface area contributed by atoms with E-state index in [0.29, 0.717) is 0 Å². The number of ketones is 1. The lowest BCUT2D eigenvalue weighted by atomic mass is 10.0. The van der Waals surface area contributed by atoms with E-state index in [9.17, 15) is 28.6 Å². The molecule has 10 atom stereocenters. The van der Waals surface area contributed by atoms with Gasteiger partial charge < -0.3 is 43.9 Å². The molecular weight excluding hydrogens is 679 g/mol. The van der Waals surface area contributed by atoms with Crippen LogP contribution < -0.4 is 5.73 Å². The molecule has 5 N–H and O–H groups in total. The molecule has 0 radical (unpaired) electrons. The first kappa shape index (κ1) is 30.7. The summed E-state index contributed by atoms with van der Waals surface area (Å²) in [7, 11) is -4.96. The average molecular weight is 703 g/mol. The second-order valence-corrected chi connectivity index (χ2v) is 15.3. The zero-order valence-electron chi connectivity index (χ0n) is 23.1. The monoisotopic (exact) mass is 703 g/mol. The molecule has 4 bridgehead atoms. The van der Waals surface area contributed by atoms with Crippen molar-refractivity contribution in [1.82, 2.24) is 24.1 Å². The number of aliphatic imine (C=N–C) groups is 1. The van der Waals surface area contributed by atoms with E-state index in [0.717, 1.165) is 10.8 Å². The smallest absolute Gasteiger partial charge is 0.387 e. The van der Waals surface area contributed by atoms with Gasteiger partial charge in [-0.25, -0.2) is 28.9 Å². The zero-order chi connectivity index (χ0) is 32.2. The fourth-order valence-electron chi connectivity index (χ4n) is 6.23. The van der Waals surface area contributed by atoms with Crippen LogP contribution in [0.4, 0.5) is 16.0 Å². The van der Waals surface area contributed by atoms with Gasteiger partial charge in [-0.05, 0) is 11.8 Å². The highest BCUT2D eigenvalue weighted by molar-refractivity contribution is 8.07. The maximum atomic E-state index is 14.9. The number of rotatable bonds is 2. The van der Waals surface area contributed by atoms with Crippen molar-refractivity contribution in [1.29, 1.82) is 0 Å². The number of hydrogen-bond donors (Lipinski definition) is 4. The Balaban J connectivity index is 1.13. The minimum absolute atomic E-state index is 0.110. The van der Waals surface area contributed by atoms with Crippen LogP contribution in [0.2, 0.25) is 0 Å². The maximum Gasteiger partial charge on any atom is 0.472 e. The van der Waals surface area contributed by atoms with Gasteiger partial charge in [0.25, 0.3) is 0 Å². The molecule has 19 nitrogen and oxygen atoms in total. The van der Waals surface area contributed by atoms with Gasteiger partial charge >= 0.3 is 14.5 Å². The molecule has 0 aliphatic carbocycles. The van der Waals surface area contributed by atoms with E-state index in [4.69, 9.17) is 49.8 Å². The molecule has 2 unspecified atom stereocenters. The first-order chi connectivity index (χ1) is 21.9. The number of nitrogens with two attached hydrogens (primary N) is 1. The molecule has 5 aliphatic heterocycles. The Morgan fingerprint density at radius 3 is 2.76 bits per heavy atom. The number of aromatic nitrogens is 5. The third-order valence-corrected chi connectivity index (χ3v) is 10.8. The number of carbonyl (C=O) groups is 1. The molecule has 8 rings (SSSR count). The lowest BCUT2D eigenvalue weighted by molar-refractivity contribution is -0.183. The van der Waals surface area contributed by atoms with E-state index in [2.05, 4.69) is 19.9 Å². The number of nitrogen functional groups attached to an aromatic ring is 1. The number of phosphoric ester groups is 1. The summed E-state index contributed by atoms with van der Waals surface area (Å²) in [6.45, 7) is -5.84. The summed E-state index contributed by atoms with van der Waals surface area (Å²) in [5, 5.41) is 11.1. The molecule has 0 saturated carbocycles. The third-order valence-electron chi connectivity index (χ3n) is 8.33. The van der Waals surface area contributed by atoms with Crippen molar-refractivity contribution in [3.63, 3.8) is 0 Å². The minimum atomic E-state index is -4.96. The van der Waals surface area contributed by atoms with Gasteiger partial charge in [0.2, 0.25) is 0 Å². The van der Waals surface area contributed by atoms with E-state index in [1.165, 1.54) is 23.4 Å². The lowest BCUT2D eigenvalue weighted by Gasteiger charge is -2.33. The standard InChI is InChI=1S/C23H24FN7O12P2S/c24-9-3-30(19-12(9)10(32)1-2-26-19)21-15-14(33)11(40-21)4-38-44(34,35)43-17-16-22(31-8-29-13-18(25)27-7-28-20(13)31)41-23(17,5-37-16)6-39-45(36,46)42-15/h2-3,7-8,11,14-17,21-22,33H,1,4-6H2,(H,34,35)(H,36,46)(H2,25,27,28)/t11-,14-,15-,16-,17+,21-,22-,23-,45?/m1/s1. The van der Waals surface area contributed by atoms with Crippen LogP contribution in [0.15, 0.2) is 23.8 Å². The number of aliphatic hydroxyl groups excluding tert-OH is 1. The number of hydrogen-bond acceptors (Lipinski definition) is 16. The number of phosphoric acid groups is 1. The summed E-state index contributed by atoms with van der Waals surface area (Å²) in [5.41, 5.74) is 4.54. The van der Waals surface area contributed by atoms with Gasteiger partial charge in [0.1, 0.15) is 53.8 Å². The zero-order valence-corrected chi connectivity index (χ0v) is 25.7. The number of ether oxygens (including phenoxy) is 3. The highest BCUT2D eigenvalue weighted by Crippen LogP contribution is 2.58. The Morgan fingerprint density at radius 1 is 1.11 bits per heavy atom. The van der Waals surface area contributed by atoms with Crippen molar-refractivity contribution >= 4 is 61.1 Å². The summed E-state index contributed by atoms with van der Waals surface area (Å²) < 4.78 is 71.2. The van der Waals surface area contributed by atoms with Crippen LogP contribution >= 0.6 is 14.5 Å². The van der Waals surface area contributed by atoms with Crippen molar-refractivity contribution in [2.24, 2.45) is 4.99 Å². The molecule has 3 aromatic rings.